The lowest BCUT2D eigenvalue weighted by Gasteiger charge is -2.33. The maximum Gasteiger partial charge on any atom is 0.433 e. The topological polar surface area (TPSA) is 111 Å². The maximum atomic E-state index is 13.8. The highest BCUT2D eigenvalue weighted by molar-refractivity contribution is 6.35. The minimum atomic E-state index is -1.73. The maximum absolute atomic E-state index is 13.8. The van der Waals surface area contributed by atoms with Gasteiger partial charge >= 0.3 is 5.88 Å². The summed E-state index contributed by atoms with van der Waals surface area (Å²) in [5.41, 5.74) is -0.819. The number of carbonyl (C=O) groups excluding carboxylic acids is 3. The van der Waals surface area contributed by atoms with Crippen molar-refractivity contribution in [2.24, 2.45) is 5.92 Å². The Morgan fingerprint density at radius 1 is 1.00 bits per heavy atom. The van der Waals surface area contributed by atoms with Gasteiger partial charge in [-0.1, -0.05) is 54.6 Å². The molecule has 0 saturated carbocycles. The normalized spacial score (nSPS) is 21.8. The van der Waals surface area contributed by atoms with Crippen LogP contribution in [-0.4, -0.2) is 46.3 Å². The van der Waals surface area contributed by atoms with Gasteiger partial charge in [-0.25, -0.2) is 0 Å². The van der Waals surface area contributed by atoms with Gasteiger partial charge < -0.3 is 4.42 Å². The molecule has 8 nitrogen and oxygen atoms in total. The van der Waals surface area contributed by atoms with Gasteiger partial charge in [-0.3, -0.25) is 29.4 Å². The van der Waals surface area contributed by atoms with Gasteiger partial charge in [-0.2, -0.15) is 0 Å². The highest BCUT2D eigenvalue weighted by Gasteiger charge is 2.68. The van der Waals surface area contributed by atoms with Crippen molar-refractivity contribution in [1.29, 1.82) is 0 Å². The zero-order chi connectivity index (χ0) is 22.6. The van der Waals surface area contributed by atoms with Crippen molar-refractivity contribution in [3.05, 3.63) is 99.3 Å². The second-order valence-corrected chi connectivity index (χ2v) is 8.10. The van der Waals surface area contributed by atoms with E-state index >= 15 is 0 Å². The molecule has 0 unspecified atom stereocenters. The summed E-state index contributed by atoms with van der Waals surface area (Å²) in [6.07, 6.45) is 0. The van der Waals surface area contributed by atoms with Crippen LogP contribution in [0.15, 0.2) is 71.1 Å². The highest BCUT2D eigenvalue weighted by Crippen LogP contribution is 2.51. The van der Waals surface area contributed by atoms with Crippen LogP contribution in [0.4, 0.5) is 5.88 Å². The molecule has 32 heavy (non-hydrogen) atoms. The molecule has 0 bridgehead atoms. The molecule has 0 amide bonds. The van der Waals surface area contributed by atoms with Crippen LogP contribution in [0.1, 0.15) is 42.8 Å². The molecule has 2 heterocycles. The van der Waals surface area contributed by atoms with Gasteiger partial charge in [-0.05, 0) is 13.1 Å². The number of nitrogens with zero attached hydrogens (tertiary/aromatic N) is 2. The predicted molar refractivity (Wildman–Crippen MR) is 113 cm³/mol. The number of fused-ring (bicyclic) bond motifs is 1. The summed E-state index contributed by atoms with van der Waals surface area (Å²) < 4.78 is 5.44. The Hall–Kier alpha value is -3.91. The molecule has 0 N–H and O–H groups in total. The number of likely N-dealkylation sites (tertiary alicyclic amines) is 1. The van der Waals surface area contributed by atoms with E-state index < -0.39 is 39.7 Å². The largest absolute Gasteiger partial charge is 0.433 e. The summed E-state index contributed by atoms with van der Waals surface area (Å²) in [6, 6.07) is 17.6. The third-order valence-corrected chi connectivity index (χ3v) is 6.53. The lowest BCUT2D eigenvalue weighted by atomic mass is 9.71. The molecule has 1 spiro atoms. The van der Waals surface area contributed by atoms with E-state index in [-0.39, 0.29) is 29.2 Å². The van der Waals surface area contributed by atoms with E-state index in [2.05, 4.69) is 0 Å². The molecule has 0 radical (unpaired) electrons. The van der Waals surface area contributed by atoms with Crippen molar-refractivity contribution >= 4 is 23.2 Å². The highest BCUT2D eigenvalue weighted by atomic mass is 16.6. The van der Waals surface area contributed by atoms with Gasteiger partial charge in [0.2, 0.25) is 0 Å². The Morgan fingerprint density at radius 3 is 2.16 bits per heavy atom. The van der Waals surface area contributed by atoms with Crippen molar-refractivity contribution in [2.45, 2.75) is 11.5 Å². The van der Waals surface area contributed by atoms with Crippen molar-refractivity contribution in [2.75, 3.05) is 13.6 Å². The minimum absolute atomic E-state index is 0.152. The fourth-order valence-corrected chi connectivity index (χ4v) is 5.14. The molecule has 2 aliphatic rings. The van der Waals surface area contributed by atoms with E-state index in [0.717, 1.165) is 0 Å². The quantitative estimate of drug-likeness (QED) is 0.269. The molecular weight excluding hydrogens is 412 g/mol. The molecule has 2 aromatic carbocycles. The zero-order valence-corrected chi connectivity index (χ0v) is 17.1. The molecule has 160 valence electrons. The van der Waals surface area contributed by atoms with E-state index in [1.807, 2.05) is 0 Å². The molecule has 5 rings (SSSR count). The SMILES string of the molecule is CN1C[C@H](c2ccc([N+](=O)[O-])o2)[C@@H](C(=O)c2ccccc2)C12C(=O)c1ccccc1C2=O. The summed E-state index contributed by atoms with van der Waals surface area (Å²) in [6.45, 7) is 0.152. The predicted octanol–water partition coefficient (Wildman–Crippen LogP) is 3.53. The summed E-state index contributed by atoms with van der Waals surface area (Å²) in [5.74, 6) is -3.32. The second kappa shape index (κ2) is 7.06. The fraction of sp³-hybridized carbons (Fsp3) is 0.208. The number of rotatable bonds is 4. The lowest BCUT2D eigenvalue weighted by Crippen LogP contribution is -2.57. The molecule has 1 aliphatic carbocycles. The summed E-state index contributed by atoms with van der Waals surface area (Å²) in [5, 5.41) is 11.2. The number of ketones is 3. The minimum Gasteiger partial charge on any atom is -0.405 e. The average Bonchev–Trinajstić information content (AvgIpc) is 3.47. The van der Waals surface area contributed by atoms with Crippen molar-refractivity contribution in [3.63, 3.8) is 0 Å². The Bertz CT molecular complexity index is 1240. The fourth-order valence-electron chi connectivity index (χ4n) is 5.14. The number of benzene rings is 2. The average molecular weight is 430 g/mol. The summed E-state index contributed by atoms with van der Waals surface area (Å²) >= 11 is 0. The molecule has 1 fully saturated rings. The Balaban J connectivity index is 1.71. The van der Waals surface area contributed by atoms with Gasteiger partial charge in [0.1, 0.15) is 10.7 Å². The van der Waals surface area contributed by atoms with Gasteiger partial charge in [0.25, 0.3) is 0 Å². The van der Waals surface area contributed by atoms with E-state index in [1.165, 1.54) is 12.1 Å². The van der Waals surface area contributed by atoms with Crippen LogP contribution in [0, 0.1) is 16.0 Å². The van der Waals surface area contributed by atoms with Gasteiger partial charge in [0, 0.05) is 29.2 Å². The molecule has 2 atom stereocenters. The monoisotopic (exact) mass is 430 g/mol. The molecule has 1 saturated heterocycles. The number of likely N-dealkylation sites (N-methyl/N-ethyl adjacent to an activating group) is 1. The number of Topliss-reactive ketones (excluding diaryl/α,β-unsaturated/α-hetero) is 3. The first-order chi connectivity index (χ1) is 15.4. The van der Waals surface area contributed by atoms with Crippen molar-refractivity contribution in [1.82, 2.24) is 4.90 Å². The van der Waals surface area contributed by atoms with Crippen LogP contribution in [0.2, 0.25) is 0 Å². The van der Waals surface area contributed by atoms with Crippen LogP contribution in [-0.2, 0) is 0 Å². The molecule has 1 aliphatic heterocycles. The first kappa shape index (κ1) is 20.0. The van der Waals surface area contributed by atoms with Crippen LogP contribution >= 0.6 is 0 Å². The number of nitro groups is 1. The van der Waals surface area contributed by atoms with Crippen molar-refractivity contribution < 1.29 is 23.7 Å². The number of hydrogen-bond acceptors (Lipinski definition) is 7. The van der Waals surface area contributed by atoms with Crippen LogP contribution in [0.3, 0.4) is 0 Å². The zero-order valence-electron chi connectivity index (χ0n) is 17.1. The third-order valence-electron chi connectivity index (χ3n) is 6.53. The third kappa shape index (κ3) is 2.56. The van der Waals surface area contributed by atoms with Gasteiger partial charge in [-0.15, -0.1) is 0 Å². The number of furan rings is 1. The van der Waals surface area contributed by atoms with Crippen molar-refractivity contribution in [3.8, 4) is 0 Å². The first-order valence-corrected chi connectivity index (χ1v) is 10.1. The molecular formula is C24H18N2O6. The standard InChI is InChI=1S/C24H18N2O6/c1-25-13-17(18-11-12-19(32-18)26(30)31)20(21(27)14-7-3-2-4-8-14)24(25)22(28)15-9-5-6-10-16(15)23(24)29/h2-12,17,20H,13H2,1H3/t17-,20+/m1/s1. The second-order valence-electron chi connectivity index (χ2n) is 8.10. The smallest absolute Gasteiger partial charge is 0.405 e. The first-order valence-electron chi connectivity index (χ1n) is 10.1. The van der Waals surface area contributed by atoms with Gasteiger partial charge in [0.15, 0.2) is 22.9 Å². The summed E-state index contributed by atoms with van der Waals surface area (Å²) in [4.78, 5) is 53.4. The lowest BCUT2D eigenvalue weighted by molar-refractivity contribution is -0.402. The molecule has 8 heteroatoms. The van der Waals surface area contributed by atoms with Crippen LogP contribution in [0.25, 0.3) is 0 Å². The van der Waals surface area contributed by atoms with E-state index in [0.29, 0.717) is 5.56 Å². The summed E-state index contributed by atoms with van der Waals surface area (Å²) in [7, 11) is 1.63. The van der Waals surface area contributed by atoms with E-state index in [4.69, 9.17) is 4.42 Å². The Morgan fingerprint density at radius 2 is 1.59 bits per heavy atom. The molecule has 1 aromatic heterocycles. The van der Waals surface area contributed by atoms with Crippen LogP contribution in [0.5, 0.6) is 0 Å². The van der Waals surface area contributed by atoms with Gasteiger partial charge in [0.05, 0.1) is 12.0 Å². The van der Waals surface area contributed by atoms with E-state index in [9.17, 15) is 24.5 Å². The number of hydrogen-bond donors (Lipinski definition) is 0. The Kier molecular flexibility index (Phi) is 4.42. The molecule has 3 aromatic rings. The van der Waals surface area contributed by atoms with Crippen LogP contribution < -0.4 is 0 Å². The number of carbonyl (C=O) groups is 3. The Labute approximate surface area is 182 Å². The van der Waals surface area contributed by atoms with E-state index in [1.54, 1.807) is 66.5 Å².